The van der Waals surface area contributed by atoms with Crippen molar-refractivity contribution in [1.29, 1.82) is 15.8 Å². The van der Waals surface area contributed by atoms with Crippen molar-refractivity contribution in [1.82, 2.24) is 9.13 Å². The Labute approximate surface area is 287 Å². The molecule has 5 nitrogen and oxygen atoms in total. The van der Waals surface area contributed by atoms with Crippen molar-refractivity contribution >= 4 is 43.6 Å². The molecule has 2 aromatic heterocycles. The highest BCUT2D eigenvalue weighted by molar-refractivity contribution is 6.11. The quantitative estimate of drug-likeness (QED) is 0.193. The van der Waals surface area contributed by atoms with E-state index in [-0.39, 0.29) is 0 Å². The molecule has 9 aromatic rings. The maximum atomic E-state index is 10.8. The molecule has 0 spiro atoms. The van der Waals surface area contributed by atoms with Crippen molar-refractivity contribution in [3.63, 3.8) is 0 Å². The van der Waals surface area contributed by atoms with Crippen LogP contribution in [0.3, 0.4) is 0 Å². The Kier molecular flexibility index (Phi) is 6.56. The predicted octanol–water partition coefficient (Wildman–Crippen LogP) is 10.8. The Morgan fingerprint density at radius 2 is 0.860 bits per heavy atom. The monoisotopic (exact) mass is 635 g/mol. The highest BCUT2D eigenvalue weighted by Crippen LogP contribution is 2.41. The molecule has 0 atom stereocenters. The normalized spacial score (nSPS) is 11.1. The van der Waals surface area contributed by atoms with Crippen LogP contribution in [0.5, 0.6) is 0 Å². The van der Waals surface area contributed by atoms with Gasteiger partial charge in [0.2, 0.25) is 0 Å². The summed E-state index contributed by atoms with van der Waals surface area (Å²) in [6, 6.07) is 57.7. The maximum Gasteiger partial charge on any atom is 0.102 e. The molecule has 0 aliphatic heterocycles. The molecule has 0 fully saturated rings. The number of nitriles is 3. The van der Waals surface area contributed by atoms with Crippen LogP contribution in [-0.2, 0) is 0 Å². The van der Waals surface area contributed by atoms with Gasteiger partial charge in [-0.25, -0.2) is 0 Å². The van der Waals surface area contributed by atoms with Crippen LogP contribution in [0, 0.1) is 34.0 Å². The topological polar surface area (TPSA) is 81.2 Å². The van der Waals surface area contributed by atoms with E-state index in [2.05, 4.69) is 100 Å². The molecule has 230 valence electrons. The molecule has 0 radical (unpaired) electrons. The molecule has 50 heavy (non-hydrogen) atoms. The van der Waals surface area contributed by atoms with Gasteiger partial charge in [-0.05, 0) is 54.1 Å². The van der Waals surface area contributed by atoms with Crippen LogP contribution >= 0.6 is 0 Å². The van der Waals surface area contributed by atoms with Crippen molar-refractivity contribution in [2.75, 3.05) is 0 Å². The summed E-state index contributed by atoms with van der Waals surface area (Å²) in [5.74, 6) is 0. The summed E-state index contributed by atoms with van der Waals surface area (Å²) in [6.45, 7) is 0. The third-order valence-electron chi connectivity index (χ3n) is 9.68. The summed E-state index contributed by atoms with van der Waals surface area (Å²) < 4.78 is 4.35. The zero-order valence-corrected chi connectivity index (χ0v) is 26.7. The zero-order valence-electron chi connectivity index (χ0n) is 26.7. The van der Waals surface area contributed by atoms with Gasteiger partial charge in [0, 0.05) is 38.2 Å². The highest BCUT2D eigenvalue weighted by atomic mass is 15.0. The fourth-order valence-electron chi connectivity index (χ4n) is 7.56. The molecule has 0 N–H and O–H groups in total. The molecular weight excluding hydrogens is 611 g/mol. The molecular formula is C45H25N5. The Morgan fingerprint density at radius 3 is 1.38 bits per heavy atom. The van der Waals surface area contributed by atoms with E-state index in [1.807, 2.05) is 72.8 Å². The first-order valence-electron chi connectivity index (χ1n) is 16.3. The molecule has 7 aromatic carbocycles. The average Bonchev–Trinajstić information content (AvgIpc) is 3.70. The van der Waals surface area contributed by atoms with E-state index in [9.17, 15) is 15.8 Å². The largest absolute Gasteiger partial charge is 0.309 e. The number of benzene rings is 7. The molecule has 0 saturated carbocycles. The van der Waals surface area contributed by atoms with Crippen molar-refractivity contribution < 1.29 is 0 Å². The molecule has 0 bridgehead atoms. The van der Waals surface area contributed by atoms with Crippen LogP contribution < -0.4 is 0 Å². The summed E-state index contributed by atoms with van der Waals surface area (Å²) >= 11 is 0. The van der Waals surface area contributed by atoms with Gasteiger partial charge in [-0.2, -0.15) is 15.8 Å². The second-order valence-electron chi connectivity index (χ2n) is 12.2. The minimum atomic E-state index is 0.334. The van der Waals surface area contributed by atoms with Gasteiger partial charge in [-0.15, -0.1) is 0 Å². The summed E-state index contributed by atoms with van der Waals surface area (Å²) in [5, 5.41) is 36.2. The van der Waals surface area contributed by atoms with Crippen LogP contribution in [0.1, 0.15) is 16.7 Å². The number of hydrogen-bond acceptors (Lipinski definition) is 3. The minimum absolute atomic E-state index is 0.334. The average molecular weight is 636 g/mol. The van der Waals surface area contributed by atoms with Crippen LogP contribution in [0.25, 0.3) is 77.2 Å². The van der Waals surface area contributed by atoms with Crippen LogP contribution in [0.2, 0.25) is 0 Å². The SMILES string of the molecule is N#Cc1cc(-c2ccccc2-n2c3ccccc3c3ccccc32)ccc1-c1c(C#N)ccc(-n2c3ccccc3c3ccccc32)c1C#N. The molecule has 2 heterocycles. The van der Waals surface area contributed by atoms with Crippen LogP contribution in [0.4, 0.5) is 0 Å². The number of fused-ring (bicyclic) bond motifs is 6. The van der Waals surface area contributed by atoms with Crippen molar-refractivity contribution in [2.24, 2.45) is 0 Å². The first-order valence-corrected chi connectivity index (χ1v) is 16.3. The van der Waals surface area contributed by atoms with Gasteiger partial charge in [0.25, 0.3) is 0 Å². The van der Waals surface area contributed by atoms with Crippen molar-refractivity contribution in [2.45, 2.75) is 0 Å². The summed E-state index contributed by atoms with van der Waals surface area (Å²) in [5.41, 5.74) is 9.62. The lowest BCUT2D eigenvalue weighted by molar-refractivity contribution is 1.17. The molecule has 5 heteroatoms. The predicted molar refractivity (Wildman–Crippen MR) is 200 cm³/mol. The van der Waals surface area contributed by atoms with Gasteiger partial charge in [0.15, 0.2) is 0 Å². The summed E-state index contributed by atoms with van der Waals surface area (Å²) in [6.07, 6.45) is 0. The van der Waals surface area contributed by atoms with Gasteiger partial charge < -0.3 is 9.13 Å². The standard InChI is InChI=1S/C45H25N5/c46-26-30-22-24-44(50-42-19-9-4-14-36(42)37-15-5-10-20-43(37)50)38(28-48)45(30)33-23-21-29(25-31(33)27-47)32-11-1-6-16-39(32)49-40-17-7-2-12-34(40)35-13-3-8-18-41(35)49/h1-25H. The Balaban J connectivity index is 1.26. The van der Waals surface area contributed by atoms with Gasteiger partial charge in [-0.3, -0.25) is 0 Å². The van der Waals surface area contributed by atoms with Gasteiger partial charge in [-0.1, -0.05) is 103 Å². The molecule has 0 aliphatic rings. The van der Waals surface area contributed by atoms with Gasteiger partial charge >= 0.3 is 0 Å². The van der Waals surface area contributed by atoms with E-state index in [0.717, 1.165) is 49.7 Å². The molecule has 0 unspecified atom stereocenters. The number of aromatic nitrogens is 2. The van der Waals surface area contributed by atoms with Crippen LogP contribution in [0.15, 0.2) is 152 Å². The third kappa shape index (κ3) is 4.17. The number of nitrogens with zero attached hydrogens (tertiary/aromatic N) is 5. The van der Waals surface area contributed by atoms with Crippen LogP contribution in [-0.4, -0.2) is 9.13 Å². The van der Waals surface area contributed by atoms with E-state index in [4.69, 9.17) is 0 Å². The second kappa shape index (κ2) is 11.4. The van der Waals surface area contributed by atoms with E-state index in [1.54, 1.807) is 6.07 Å². The molecule has 9 rings (SSSR count). The van der Waals surface area contributed by atoms with E-state index >= 15 is 0 Å². The van der Waals surface area contributed by atoms with Crippen molar-refractivity contribution in [3.8, 4) is 51.8 Å². The Morgan fingerprint density at radius 1 is 0.380 bits per heavy atom. The minimum Gasteiger partial charge on any atom is -0.309 e. The Bertz CT molecular complexity index is 2870. The first kappa shape index (κ1) is 28.8. The highest BCUT2D eigenvalue weighted by Gasteiger charge is 2.23. The molecule has 0 amide bonds. The smallest absolute Gasteiger partial charge is 0.102 e. The van der Waals surface area contributed by atoms with E-state index in [1.165, 1.54) is 10.8 Å². The number of hydrogen-bond donors (Lipinski definition) is 0. The Hall–Kier alpha value is -7.39. The zero-order chi connectivity index (χ0) is 33.8. The summed E-state index contributed by atoms with van der Waals surface area (Å²) in [4.78, 5) is 0. The number of para-hydroxylation sites is 5. The number of rotatable bonds is 4. The van der Waals surface area contributed by atoms with Crippen molar-refractivity contribution in [3.05, 3.63) is 168 Å². The first-order chi connectivity index (χ1) is 24.7. The fourth-order valence-corrected chi connectivity index (χ4v) is 7.56. The third-order valence-corrected chi connectivity index (χ3v) is 9.68. The lowest BCUT2D eigenvalue weighted by Gasteiger charge is -2.17. The molecule has 0 saturated heterocycles. The lowest BCUT2D eigenvalue weighted by Crippen LogP contribution is -2.02. The van der Waals surface area contributed by atoms with Gasteiger partial charge in [0.1, 0.15) is 6.07 Å². The fraction of sp³-hybridized carbons (Fsp3) is 0. The lowest BCUT2D eigenvalue weighted by atomic mass is 9.89. The maximum absolute atomic E-state index is 10.8. The van der Waals surface area contributed by atoms with E-state index < -0.39 is 0 Å². The summed E-state index contributed by atoms with van der Waals surface area (Å²) in [7, 11) is 0. The second-order valence-corrected chi connectivity index (χ2v) is 12.2. The van der Waals surface area contributed by atoms with E-state index in [0.29, 0.717) is 33.5 Å². The van der Waals surface area contributed by atoms with Gasteiger partial charge in [0.05, 0.1) is 62.3 Å². The molecule has 0 aliphatic carbocycles.